The van der Waals surface area contributed by atoms with Crippen LogP contribution in [0, 0.1) is 6.92 Å². The summed E-state index contributed by atoms with van der Waals surface area (Å²) in [5, 5.41) is 8.10. The normalized spacial score (nSPS) is 20.1. The minimum Gasteiger partial charge on any atom is -0.404 e. The zero-order valence-corrected chi connectivity index (χ0v) is 16.3. The standard InChI is InChI=1S/C21H25N7/c1-3-23-19-9-8-16(12-15(19)13-22)25-21-26-20-18(7-5-11-28(20)27-21)17-6-4-10-24-14(17)2/h4-7,10-11,13,16H,3,8-9,12,22H2,1-2H3,(H,25,27). The molecule has 3 heterocycles. The average Bonchev–Trinajstić information content (AvgIpc) is 3.12. The quantitative estimate of drug-likeness (QED) is 0.729. The second-order valence-corrected chi connectivity index (χ2v) is 6.96. The number of nitrogens with two attached hydrogens (primary N) is 1. The van der Waals surface area contributed by atoms with Crippen molar-refractivity contribution in [3.63, 3.8) is 0 Å². The van der Waals surface area contributed by atoms with Gasteiger partial charge in [0.15, 0.2) is 5.65 Å². The molecular formula is C21H25N7. The Kier molecular flexibility index (Phi) is 5.06. The fourth-order valence-corrected chi connectivity index (χ4v) is 3.74. The maximum absolute atomic E-state index is 5.83. The molecule has 1 aliphatic rings. The predicted octanol–water partition coefficient (Wildman–Crippen LogP) is 3.37. The number of aliphatic imine (C=N–C) groups is 1. The van der Waals surface area contributed by atoms with E-state index >= 15 is 0 Å². The maximum atomic E-state index is 5.83. The third-order valence-corrected chi connectivity index (χ3v) is 5.11. The molecule has 1 atom stereocenters. The third kappa shape index (κ3) is 3.47. The van der Waals surface area contributed by atoms with E-state index in [1.807, 2.05) is 36.7 Å². The van der Waals surface area contributed by atoms with E-state index in [4.69, 9.17) is 10.7 Å². The van der Waals surface area contributed by atoms with E-state index < -0.39 is 0 Å². The van der Waals surface area contributed by atoms with Crippen LogP contribution in [-0.4, -0.2) is 37.9 Å². The highest BCUT2D eigenvalue weighted by Crippen LogP contribution is 2.27. The first-order valence-electron chi connectivity index (χ1n) is 9.68. The Hall–Kier alpha value is -3.22. The van der Waals surface area contributed by atoms with E-state index in [1.165, 1.54) is 0 Å². The summed E-state index contributed by atoms with van der Waals surface area (Å²) < 4.78 is 1.82. The molecule has 3 aromatic heterocycles. The topological polar surface area (TPSA) is 93.5 Å². The number of hydrogen-bond donors (Lipinski definition) is 2. The van der Waals surface area contributed by atoms with Gasteiger partial charge in [0.1, 0.15) is 0 Å². The highest BCUT2D eigenvalue weighted by molar-refractivity contribution is 6.01. The van der Waals surface area contributed by atoms with E-state index in [0.717, 1.165) is 59.6 Å². The molecule has 0 aliphatic heterocycles. The van der Waals surface area contributed by atoms with Gasteiger partial charge in [0.2, 0.25) is 5.95 Å². The number of pyridine rings is 2. The molecule has 1 saturated carbocycles. The summed E-state index contributed by atoms with van der Waals surface area (Å²) in [6.45, 7) is 4.84. The minimum atomic E-state index is 0.242. The van der Waals surface area contributed by atoms with E-state index in [2.05, 4.69) is 32.5 Å². The third-order valence-electron chi connectivity index (χ3n) is 5.11. The van der Waals surface area contributed by atoms with Crippen molar-refractivity contribution in [1.29, 1.82) is 0 Å². The van der Waals surface area contributed by atoms with Crippen LogP contribution in [0.5, 0.6) is 0 Å². The number of fused-ring (bicyclic) bond motifs is 1. The van der Waals surface area contributed by atoms with Crippen LogP contribution in [0.4, 0.5) is 5.95 Å². The molecule has 4 rings (SSSR count). The highest BCUT2D eigenvalue weighted by atomic mass is 15.3. The summed E-state index contributed by atoms with van der Waals surface area (Å²) >= 11 is 0. The van der Waals surface area contributed by atoms with Crippen LogP contribution in [0.1, 0.15) is 31.9 Å². The molecule has 1 unspecified atom stereocenters. The largest absolute Gasteiger partial charge is 0.404 e. The monoisotopic (exact) mass is 375 g/mol. The zero-order chi connectivity index (χ0) is 19.5. The number of nitrogens with one attached hydrogen (secondary N) is 1. The average molecular weight is 375 g/mol. The molecule has 0 spiro atoms. The fraction of sp³-hybridized carbons (Fsp3) is 0.333. The number of aryl methyl sites for hydroxylation is 1. The number of aromatic nitrogens is 4. The summed E-state index contributed by atoms with van der Waals surface area (Å²) in [4.78, 5) is 13.7. The van der Waals surface area contributed by atoms with Crippen molar-refractivity contribution in [2.75, 3.05) is 11.9 Å². The van der Waals surface area contributed by atoms with Crippen LogP contribution in [0.3, 0.4) is 0 Å². The molecule has 0 saturated heterocycles. The summed E-state index contributed by atoms with van der Waals surface area (Å²) in [7, 11) is 0. The molecule has 0 amide bonds. The predicted molar refractivity (Wildman–Crippen MR) is 112 cm³/mol. The second-order valence-electron chi connectivity index (χ2n) is 6.96. The zero-order valence-electron chi connectivity index (χ0n) is 16.3. The van der Waals surface area contributed by atoms with Crippen molar-refractivity contribution in [1.82, 2.24) is 19.6 Å². The van der Waals surface area contributed by atoms with Gasteiger partial charge in [0, 0.05) is 47.5 Å². The lowest BCUT2D eigenvalue weighted by Crippen LogP contribution is -2.29. The molecule has 1 fully saturated rings. The SMILES string of the molecule is CCN=C1CCC(Nc2nc3c(-c4cccnc4C)cccn3n2)CC1=CN. The molecule has 3 N–H and O–H groups in total. The van der Waals surface area contributed by atoms with Crippen molar-refractivity contribution in [3.05, 3.63) is 54.1 Å². The summed E-state index contributed by atoms with van der Waals surface area (Å²) in [6.07, 6.45) is 8.14. The van der Waals surface area contributed by atoms with Gasteiger partial charge in [0.05, 0.1) is 0 Å². The Bertz CT molecular complexity index is 1050. The van der Waals surface area contributed by atoms with Crippen LogP contribution < -0.4 is 11.1 Å². The first kappa shape index (κ1) is 18.2. The van der Waals surface area contributed by atoms with Crippen molar-refractivity contribution >= 4 is 17.3 Å². The molecule has 7 heteroatoms. The van der Waals surface area contributed by atoms with Crippen LogP contribution in [0.15, 0.2) is 53.4 Å². The lowest BCUT2D eigenvalue weighted by atomic mass is 9.89. The van der Waals surface area contributed by atoms with Gasteiger partial charge in [-0.15, -0.1) is 5.10 Å². The maximum Gasteiger partial charge on any atom is 0.243 e. The van der Waals surface area contributed by atoms with Crippen LogP contribution in [-0.2, 0) is 0 Å². The Labute approximate surface area is 164 Å². The van der Waals surface area contributed by atoms with Gasteiger partial charge >= 0.3 is 0 Å². The van der Waals surface area contributed by atoms with Crippen LogP contribution in [0.25, 0.3) is 16.8 Å². The van der Waals surface area contributed by atoms with Crippen molar-refractivity contribution in [2.45, 2.75) is 39.2 Å². The Balaban J connectivity index is 1.61. The molecule has 144 valence electrons. The Morgan fingerprint density at radius 2 is 2.18 bits per heavy atom. The first-order valence-corrected chi connectivity index (χ1v) is 9.68. The van der Waals surface area contributed by atoms with E-state index in [-0.39, 0.29) is 6.04 Å². The first-order chi connectivity index (χ1) is 13.7. The Morgan fingerprint density at radius 3 is 2.96 bits per heavy atom. The van der Waals surface area contributed by atoms with E-state index in [0.29, 0.717) is 5.95 Å². The molecule has 0 aromatic carbocycles. The van der Waals surface area contributed by atoms with Gasteiger partial charge in [-0.05, 0) is 63.1 Å². The summed E-state index contributed by atoms with van der Waals surface area (Å²) in [5.74, 6) is 0.631. The molecule has 0 bridgehead atoms. The van der Waals surface area contributed by atoms with Gasteiger partial charge in [-0.1, -0.05) is 6.07 Å². The van der Waals surface area contributed by atoms with Crippen molar-refractivity contribution in [3.8, 4) is 11.1 Å². The second kappa shape index (κ2) is 7.80. The smallest absolute Gasteiger partial charge is 0.243 e. The van der Waals surface area contributed by atoms with Gasteiger partial charge in [0.25, 0.3) is 0 Å². The van der Waals surface area contributed by atoms with Crippen molar-refractivity contribution in [2.24, 2.45) is 10.7 Å². The molecule has 0 radical (unpaired) electrons. The Morgan fingerprint density at radius 1 is 1.32 bits per heavy atom. The van der Waals surface area contributed by atoms with Gasteiger partial charge < -0.3 is 11.1 Å². The fourth-order valence-electron chi connectivity index (χ4n) is 3.74. The molecule has 7 nitrogen and oxygen atoms in total. The molecule has 1 aliphatic carbocycles. The number of hydrogen-bond acceptors (Lipinski definition) is 6. The number of anilines is 1. The van der Waals surface area contributed by atoms with E-state index in [9.17, 15) is 0 Å². The molecular weight excluding hydrogens is 350 g/mol. The van der Waals surface area contributed by atoms with Gasteiger partial charge in [-0.3, -0.25) is 9.98 Å². The van der Waals surface area contributed by atoms with Gasteiger partial charge in [-0.25, -0.2) is 4.52 Å². The van der Waals surface area contributed by atoms with Gasteiger partial charge in [-0.2, -0.15) is 4.98 Å². The number of nitrogens with zero attached hydrogens (tertiary/aromatic N) is 5. The van der Waals surface area contributed by atoms with Crippen LogP contribution >= 0.6 is 0 Å². The summed E-state index contributed by atoms with van der Waals surface area (Å²) in [6, 6.07) is 8.29. The summed E-state index contributed by atoms with van der Waals surface area (Å²) in [5.41, 5.74) is 12.0. The van der Waals surface area contributed by atoms with Crippen molar-refractivity contribution < 1.29 is 0 Å². The number of rotatable bonds is 4. The van der Waals surface area contributed by atoms with Crippen LogP contribution in [0.2, 0.25) is 0 Å². The highest BCUT2D eigenvalue weighted by Gasteiger charge is 2.23. The lowest BCUT2D eigenvalue weighted by Gasteiger charge is -2.25. The molecule has 3 aromatic rings. The lowest BCUT2D eigenvalue weighted by molar-refractivity contribution is 0.637. The van der Waals surface area contributed by atoms with E-state index in [1.54, 1.807) is 12.4 Å². The molecule has 28 heavy (non-hydrogen) atoms. The minimum absolute atomic E-state index is 0.242.